The highest BCUT2D eigenvalue weighted by molar-refractivity contribution is 5.38. The molecule has 106 valence electrons. The molecule has 2 aromatic rings. The fourth-order valence-corrected chi connectivity index (χ4v) is 1.88. The molecule has 0 radical (unpaired) electrons. The topological polar surface area (TPSA) is 35.2 Å². The molecular weight excluding hydrogens is 260 g/mol. The van der Waals surface area contributed by atoms with E-state index in [0.29, 0.717) is 12.2 Å². The lowest BCUT2D eigenvalue weighted by Gasteiger charge is -2.14. The molecule has 20 heavy (non-hydrogen) atoms. The highest BCUT2D eigenvalue weighted by Crippen LogP contribution is 2.28. The fraction of sp³-hybridized carbons (Fsp3) is 0.250. The lowest BCUT2D eigenvalue weighted by atomic mass is 10.0. The zero-order valence-corrected chi connectivity index (χ0v) is 11.3. The minimum atomic E-state index is -0.723. The van der Waals surface area contributed by atoms with E-state index in [0.717, 1.165) is 18.1 Å². The van der Waals surface area contributed by atoms with Gasteiger partial charge in [0.15, 0.2) is 11.6 Å². The molecule has 1 atom stereocenters. The first-order valence-electron chi connectivity index (χ1n) is 6.56. The van der Waals surface area contributed by atoms with Crippen molar-refractivity contribution >= 4 is 0 Å². The van der Waals surface area contributed by atoms with E-state index >= 15 is 0 Å². The van der Waals surface area contributed by atoms with Crippen LogP contribution in [0.5, 0.6) is 11.5 Å². The van der Waals surface area contributed by atoms with Crippen molar-refractivity contribution in [2.75, 3.05) is 0 Å². The van der Waals surface area contributed by atoms with Crippen LogP contribution in [0.1, 0.15) is 18.9 Å². The first kappa shape index (κ1) is 14.5. The molecular formula is C16H17F2NO. The minimum absolute atomic E-state index is 0.00363. The quantitative estimate of drug-likeness (QED) is 0.895. The Kier molecular flexibility index (Phi) is 4.69. The molecule has 2 N–H and O–H groups in total. The number of ether oxygens (including phenoxy) is 1. The molecule has 1 unspecified atom stereocenters. The van der Waals surface area contributed by atoms with Crippen LogP contribution < -0.4 is 10.5 Å². The summed E-state index contributed by atoms with van der Waals surface area (Å²) in [5.74, 6) is -0.804. The van der Waals surface area contributed by atoms with E-state index in [4.69, 9.17) is 10.5 Å². The van der Waals surface area contributed by atoms with Gasteiger partial charge in [-0.2, -0.15) is 0 Å². The van der Waals surface area contributed by atoms with Gasteiger partial charge >= 0.3 is 0 Å². The van der Waals surface area contributed by atoms with E-state index in [-0.39, 0.29) is 11.8 Å². The van der Waals surface area contributed by atoms with Crippen LogP contribution in [0, 0.1) is 11.6 Å². The maximum atomic E-state index is 13.6. The minimum Gasteiger partial charge on any atom is -0.454 e. The Hall–Kier alpha value is -1.94. The van der Waals surface area contributed by atoms with Crippen molar-refractivity contribution in [3.63, 3.8) is 0 Å². The van der Waals surface area contributed by atoms with Crippen molar-refractivity contribution in [3.05, 3.63) is 59.7 Å². The summed E-state index contributed by atoms with van der Waals surface area (Å²) in [6.07, 6.45) is 1.49. The van der Waals surface area contributed by atoms with Crippen molar-refractivity contribution in [3.8, 4) is 11.5 Å². The van der Waals surface area contributed by atoms with Crippen molar-refractivity contribution in [2.24, 2.45) is 5.73 Å². The van der Waals surface area contributed by atoms with Gasteiger partial charge in [-0.25, -0.2) is 8.78 Å². The Balaban J connectivity index is 2.24. The third kappa shape index (κ3) is 3.54. The Morgan fingerprint density at radius 2 is 1.85 bits per heavy atom. The van der Waals surface area contributed by atoms with Crippen LogP contribution in [0.2, 0.25) is 0 Å². The Morgan fingerprint density at radius 3 is 2.55 bits per heavy atom. The van der Waals surface area contributed by atoms with Crippen LogP contribution in [-0.4, -0.2) is 6.04 Å². The molecule has 2 rings (SSSR count). The number of hydrogen-bond donors (Lipinski definition) is 1. The van der Waals surface area contributed by atoms with Crippen molar-refractivity contribution in [1.29, 1.82) is 0 Å². The van der Waals surface area contributed by atoms with Gasteiger partial charge in [-0.15, -0.1) is 0 Å². The first-order chi connectivity index (χ1) is 9.60. The van der Waals surface area contributed by atoms with Crippen LogP contribution in [-0.2, 0) is 6.42 Å². The van der Waals surface area contributed by atoms with Gasteiger partial charge in [0.25, 0.3) is 0 Å². The monoisotopic (exact) mass is 277 g/mol. The average molecular weight is 277 g/mol. The second-order valence-electron chi connectivity index (χ2n) is 4.66. The van der Waals surface area contributed by atoms with Gasteiger partial charge in [0.2, 0.25) is 0 Å². The van der Waals surface area contributed by atoms with Gasteiger partial charge in [-0.05, 0) is 36.6 Å². The summed E-state index contributed by atoms with van der Waals surface area (Å²) in [5, 5.41) is 0. The normalized spacial score (nSPS) is 12.2. The maximum Gasteiger partial charge on any atom is 0.168 e. The summed E-state index contributed by atoms with van der Waals surface area (Å²) < 4.78 is 32.0. The van der Waals surface area contributed by atoms with Crippen LogP contribution >= 0.6 is 0 Å². The highest BCUT2D eigenvalue weighted by Gasteiger charge is 2.11. The number of benzene rings is 2. The zero-order chi connectivity index (χ0) is 14.5. The molecule has 2 nitrogen and oxygen atoms in total. The molecule has 0 bridgehead atoms. The Bertz CT molecular complexity index is 586. The fourth-order valence-electron chi connectivity index (χ4n) is 1.88. The second-order valence-corrected chi connectivity index (χ2v) is 4.66. The van der Waals surface area contributed by atoms with E-state index in [9.17, 15) is 8.78 Å². The molecule has 0 saturated heterocycles. The predicted octanol–water partition coefficient (Wildman–Crippen LogP) is 4.04. The molecule has 0 amide bonds. The van der Waals surface area contributed by atoms with Crippen LogP contribution in [0.25, 0.3) is 0 Å². The summed E-state index contributed by atoms with van der Waals surface area (Å²) in [4.78, 5) is 0. The molecule has 0 aliphatic rings. The Morgan fingerprint density at radius 1 is 1.10 bits per heavy atom. The number of rotatable bonds is 5. The first-order valence-corrected chi connectivity index (χ1v) is 6.56. The summed E-state index contributed by atoms with van der Waals surface area (Å²) in [6.45, 7) is 2.01. The smallest absolute Gasteiger partial charge is 0.168 e. The van der Waals surface area contributed by atoms with Crippen molar-refractivity contribution in [2.45, 2.75) is 25.8 Å². The molecule has 0 aliphatic carbocycles. The maximum absolute atomic E-state index is 13.6. The third-order valence-corrected chi connectivity index (χ3v) is 3.09. The molecule has 0 aliphatic heterocycles. The second kappa shape index (κ2) is 6.48. The third-order valence-electron chi connectivity index (χ3n) is 3.09. The molecule has 0 aromatic heterocycles. The largest absolute Gasteiger partial charge is 0.454 e. The lowest BCUT2D eigenvalue weighted by Crippen LogP contribution is -2.21. The molecule has 0 spiro atoms. The summed E-state index contributed by atoms with van der Waals surface area (Å²) >= 11 is 0. The van der Waals surface area contributed by atoms with Crippen LogP contribution in [0.15, 0.2) is 42.5 Å². The molecule has 4 heteroatoms. The number of hydrogen-bond acceptors (Lipinski definition) is 2. The van der Waals surface area contributed by atoms with Gasteiger partial charge in [0.05, 0.1) is 0 Å². The van der Waals surface area contributed by atoms with Gasteiger partial charge in [0, 0.05) is 12.1 Å². The number of halogens is 2. The van der Waals surface area contributed by atoms with E-state index in [1.807, 2.05) is 19.1 Å². The zero-order valence-electron chi connectivity index (χ0n) is 11.3. The van der Waals surface area contributed by atoms with Gasteiger partial charge < -0.3 is 10.5 Å². The predicted molar refractivity (Wildman–Crippen MR) is 74.8 cm³/mol. The van der Waals surface area contributed by atoms with Crippen molar-refractivity contribution in [1.82, 2.24) is 0 Å². The Labute approximate surface area is 117 Å². The molecule has 0 heterocycles. The SMILES string of the molecule is CCC(N)Cc1ccccc1Oc1ccc(F)cc1F. The van der Waals surface area contributed by atoms with E-state index in [1.165, 1.54) is 12.1 Å². The van der Waals surface area contributed by atoms with Crippen LogP contribution in [0.3, 0.4) is 0 Å². The standard InChI is InChI=1S/C16H17F2NO/c1-2-13(19)9-11-5-3-4-6-15(11)20-16-8-7-12(17)10-14(16)18/h3-8,10,13H,2,9,19H2,1H3. The van der Waals surface area contributed by atoms with Crippen molar-refractivity contribution < 1.29 is 13.5 Å². The van der Waals surface area contributed by atoms with E-state index in [2.05, 4.69) is 0 Å². The number of para-hydroxylation sites is 1. The van der Waals surface area contributed by atoms with Gasteiger partial charge in [-0.3, -0.25) is 0 Å². The summed E-state index contributed by atoms with van der Waals surface area (Å²) in [5.41, 5.74) is 6.85. The van der Waals surface area contributed by atoms with Gasteiger partial charge in [-0.1, -0.05) is 25.1 Å². The van der Waals surface area contributed by atoms with Crippen LogP contribution in [0.4, 0.5) is 8.78 Å². The average Bonchev–Trinajstić information content (AvgIpc) is 2.43. The highest BCUT2D eigenvalue weighted by atomic mass is 19.1. The van der Waals surface area contributed by atoms with E-state index < -0.39 is 11.6 Å². The summed E-state index contributed by atoms with van der Waals surface area (Å²) in [6, 6.07) is 10.6. The van der Waals surface area contributed by atoms with E-state index in [1.54, 1.807) is 12.1 Å². The molecule has 0 fully saturated rings. The number of nitrogens with two attached hydrogens (primary N) is 1. The van der Waals surface area contributed by atoms with Gasteiger partial charge in [0.1, 0.15) is 11.6 Å². The lowest BCUT2D eigenvalue weighted by molar-refractivity contribution is 0.431. The molecule has 2 aromatic carbocycles. The summed E-state index contributed by atoms with van der Waals surface area (Å²) in [7, 11) is 0. The molecule has 0 saturated carbocycles.